The summed E-state index contributed by atoms with van der Waals surface area (Å²) >= 11 is 0. The van der Waals surface area contributed by atoms with Crippen LogP contribution in [0.4, 0.5) is 0 Å². The second-order valence-corrected chi connectivity index (χ2v) is 5.93. The van der Waals surface area contributed by atoms with E-state index in [2.05, 4.69) is 10.2 Å². The number of nitrogens with zero attached hydrogens (tertiary/aromatic N) is 1. The first-order chi connectivity index (χ1) is 9.11. The summed E-state index contributed by atoms with van der Waals surface area (Å²) < 4.78 is 5.07. The van der Waals surface area contributed by atoms with Gasteiger partial charge < -0.3 is 10.1 Å². The van der Waals surface area contributed by atoms with E-state index in [0.29, 0.717) is 6.54 Å². The van der Waals surface area contributed by atoms with Crippen LogP contribution >= 0.6 is 0 Å². The fourth-order valence-electron chi connectivity index (χ4n) is 2.68. The second-order valence-electron chi connectivity index (χ2n) is 5.93. The van der Waals surface area contributed by atoms with E-state index >= 15 is 0 Å². The molecule has 0 aromatic carbocycles. The van der Waals surface area contributed by atoms with Gasteiger partial charge in [0.2, 0.25) is 5.91 Å². The minimum atomic E-state index is 0.161. The lowest BCUT2D eigenvalue weighted by Crippen LogP contribution is -2.43. The average Bonchev–Trinajstić information content (AvgIpc) is 2.35. The number of ether oxygens (including phenoxy) is 1. The highest BCUT2D eigenvalue weighted by atomic mass is 16.5. The van der Waals surface area contributed by atoms with Gasteiger partial charge in [-0.15, -0.1) is 0 Å². The highest BCUT2D eigenvalue weighted by molar-refractivity contribution is 5.78. The molecule has 1 rings (SSSR count). The SMILES string of the molecule is COCCCCC1CCN(CC(=O)NC(C)C)CC1. The van der Waals surface area contributed by atoms with Crippen molar-refractivity contribution in [1.29, 1.82) is 0 Å². The summed E-state index contributed by atoms with van der Waals surface area (Å²) in [5.74, 6) is 1.01. The summed E-state index contributed by atoms with van der Waals surface area (Å²) in [6, 6.07) is 0.242. The van der Waals surface area contributed by atoms with Gasteiger partial charge in [-0.25, -0.2) is 0 Å². The van der Waals surface area contributed by atoms with E-state index in [-0.39, 0.29) is 11.9 Å². The van der Waals surface area contributed by atoms with Crippen LogP contribution in [0, 0.1) is 5.92 Å². The molecule has 0 aromatic rings. The fourth-order valence-corrected chi connectivity index (χ4v) is 2.68. The van der Waals surface area contributed by atoms with E-state index in [4.69, 9.17) is 4.74 Å². The molecular formula is C15H30N2O2. The van der Waals surface area contributed by atoms with Crippen molar-refractivity contribution in [3.8, 4) is 0 Å². The van der Waals surface area contributed by atoms with Crippen molar-refractivity contribution in [1.82, 2.24) is 10.2 Å². The average molecular weight is 270 g/mol. The standard InChI is InChI=1S/C15H30N2O2/c1-13(2)16-15(18)12-17-9-7-14(8-10-17)6-4-5-11-19-3/h13-14H,4-12H2,1-3H3,(H,16,18). The lowest BCUT2D eigenvalue weighted by Gasteiger charge is -2.31. The maximum Gasteiger partial charge on any atom is 0.234 e. The van der Waals surface area contributed by atoms with Crippen molar-refractivity contribution in [2.45, 2.75) is 52.0 Å². The topological polar surface area (TPSA) is 41.6 Å². The zero-order valence-electron chi connectivity index (χ0n) is 12.8. The van der Waals surface area contributed by atoms with Gasteiger partial charge >= 0.3 is 0 Å². The Morgan fingerprint density at radius 3 is 2.58 bits per heavy atom. The van der Waals surface area contributed by atoms with Crippen molar-refractivity contribution in [2.24, 2.45) is 5.92 Å². The number of unbranched alkanes of at least 4 members (excludes halogenated alkanes) is 1. The smallest absolute Gasteiger partial charge is 0.234 e. The van der Waals surface area contributed by atoms with E-state index < -0.39 is 0 Å². The number of amides is 1. The molecule has 1 saturated heterocycles. The van der Waals surface area contributed by atoms with Gasteiger partial charge in [0.25, 0.3) is 0 Å². The molecule has 0 spiro atoms. The van der Waals surface area contributed by atoms with E-state index in [0.717, 1.165) is 25.6 Å². The zero-order valence-corrected chi connectivity index (χ0v) is 12.8. The molecule has 1 fully saturated rings. The lowest BCUT2D eigenvalue weighted by molar-refractivity contribution is -0.123. The molecule has 0 bridgehead atoms. The summed E-state index contributed by atoms with van der Waals surface area (Å²) in [5.41, 5.74) is 0. The second kappa shape index (κ2) is 9.32. The summed E-state index contributed by atoms with van der Waals surface area (Å²) in [6.07, 6.45) is 6.24. The summed E-state index contributed by atoms with van der Waals surface area (Å²) in [4.78, 5) is 14.0. The fraction of sp³-hybridized carbons (Fsp3) is 0.933. The number of methoxy groups -OCH3 is 1. The van der Waals surface area contributed by atoms with Crippen LogP contribution < -0.4 is 5.32 Å². The number of carbonyl (C=O) groups excluding carboxylic acids is 1. The van der Waals surface area contributed by atoms with Crippen molar-refractivity contribution >= 4 is 5.91 Å². The van der Waals surface area contributed by atoms with Gasteiger partial charge in [-0.3, -0.25) is 9.69 Å². The van der Waals surface area contributed by atoms with Gasteiger partial charge in [0.1, 0.15) is 0 Å². The van der Waals surface area contributed by atoms with Gasteiger partial charge in [-0.1, -0.05) is 12.8 Å². The Balaban J connectivity index is 2.09. The van der Waals surface area contributed by atoms with Crippen molar-refractivity contribution < 1.29 is 9.53 Å². The number of hydrogen-bond donors (Lipinski definition) is 1. The van der Waals surface area contributed by atoms with Crippen LogP contribution in [0.2, 0.25) is 0 Å². The van der Waals surface area contributed by atoms with Crippen LogP contribution in [0.5, 0.6) is 0 Å². The normalized spacial score (nSPS) is 17.9. The molecule has 1 amide bonds. The highest BCUT2D eigenvalue weighted by Gasteiger charge is 2.20. The lowest BCUT2D eigenvalue weighted by atomic mass is 9.91. The van der Waals surface area contributed by atoms with Crippen LogP contribution in [0.25, 0.3) is 0 Å². The number of rotatable bonds is 8. The van der Waals surface area contributed by atoms with E-state index in [1.165, 1.54) is 32.1 Å². The van der Waals surface area contributed by atoms with Crippen LogP contribution in [0.1, 0.15) is 46.0 Å². The third kappa shape index (κ3) is 7.53. The summed E-state index contributed by atoms with van der Waals surface area (Å²) in [5, 5.41) is 2.96. The molecule has 4 nitrogen and oxygen atoms in total. The molecule has 112 valence electrons. The molecule has 0 saturated carbocycles. The Kier molecular flexibility index (Phi) is 8.07. The van der Waals surface area contributed by atoms with Gasteiger partial charge in [0.15, 0.2) is 0 Å². The maximum atomic E-state index is 11.7. The molecule has 1 aliphatic rings. The Hall–Kier alpha value is -0.610. The molecule has 1 aliphatic heterocycles. The van der Waals surface area contributed by atoms with E-state index in [1.807, 2.05) is 13.8 Å². The van der Waals surface area contributed by atoms with E-state index in [9.17, 15) is 4.79 Å². The minimum absolute atomic E-state index is 0.161. The first-order valence-corrected chi connectivity index (χ1v) is 7.62. The predicted molar refractivity (Wildman–Crippen MR) is 78.2 cm³/mol. The van der Waals surface area contributed by atoms with Crippen molar-refractivity contribution in [3.63, 3.8) is 0 Å². The number of nitrogens with one attached hydrogen (secondary N) is 1. The molecule has 0 aliphatic carbocycles. The van der Waals surface area contributed by atoms with Crippen LogP contribution in [-0.4, -0.2) is 50.2 Å². The van der Waals surface area contributed by atoms with Crippen LogP contribution in [0.15, 0.2) is 0 Å². The Labute approximate surface area is 117 Å². The third-order valence-electron chi connectivity index (χ3n) is 3.73. The molecule has 4 heteroatoms. The van der Waals surface area contributed by atoms with Gasteiger partial charge in [0.05, 0.1) is 6.54 Å². The quantitative estimate of drug-likeness (QED) is 0.686. The summed E-state index contributed by atoms with van der Waals surface area (Å²) in [6.45, 7) is 7.60. The number of hydrogen-bond acceptors (Lipinski definition) is 3. The van der Waals surface area contributed by atoms with Gasteiger partial charge in [-0.2, -0.15) is 0 Å². The van der Waals surface area contributed by atoms with Gasteiger partial charge in [0, 0.05) is 19.8 Å². The Bertz CT molecular complexity index is 249. The molecular weight excluding hydrogens is 240 g/mol. The third-order valence-corrected chi connectivity index (χ3v) is 3.73. The minimum Gasteiger partial charge on any atom is -0.385 e. The van der Waals surface area contributed by atoms with Crippen LogP contribution in [-0.2, 0) is 9.53 Å². The molecule has 0 unspecified atom stereocenters. The zero-order chi connectivity index (χ0) is 14.1. The number of piperidine rings is 1. The van der Waals surface area contributed by atoms with Crippen LogP contribution in [0.3, 0.4) is 0 Å². The maximum absolute atomic E-state index is 11.7. The number of carbonyl (C=O) groups is 1. The summed E-state index contributed by atoms with van der Waals surface area (Å²) in [7, 11) is 1.76. The number of likely N-dealkylation sites (tertiary alicyclic amines) is 1. The first kappa shape index (κ1) is 16.4. The van der Waals surface area contributed by atoms with Crippen molar-refractivity contribution in [2.75, 3.05) is 33.4 Å². The predicted octanol–water partition coefficient (Wildman–Crippen LogP) is 2.04. The Morgan fingerprint density at radius 1 is 1.32 bits per heavy atom. The monoisotopic (exact) mass is 270 g/mol. The van der Waals surface area contributed by atoms with E-state index in [1.54, 1.807) is 7.11 Å². The molecule has 1 N–H and O–H groups in total. The largest absolute Gasteiger partial charge is 0.385 e. The molecule has 1 heterocycles. The Morgan fingerprint density at radius 2 is 2.00 bits per heavy atom. The first-order valence-electron chi connectivity index (χ1n) is 7.62. The van der Waals surface area contributed by atoms with Gasteiger partial charge in [-0.05, 0) is 52.1 Å². The molecule has 0 aromatic heterocycles. The molecule has 0 radical (unpaired) electrons. The highest BCUT2D eigenvalue weighted by Crippen LogP contribution is 2.22. The molecule has 19 heavy (non-hydrogen) atoms. The molecule has 0 atom stereocenters. The van der Waals surface area contributed by atoms with Crippen molar-refractivity contribution in [3.05, 3.63) is 0 Å².